The molecule has 1 aliphatic rings. The number of aliphatic hydroxyl groups is 1. The molecule has 1 atom stereocenters. The van der Waals surface area contributed by atoms with E-state index in [4.69, 9.17) is 5.11 Å². The Hall–Kier alpha value is -3.03. The second-order valence-corrected chi connectivity index (χ2v) is 9.03. The van der Waals surface area contributed by atoms with E-state index in [1.54, 1.807) is 13.8 Å². The van der Waals surface area contributed by atoms with Gasteiger partial charge in [-0.05, 0) is 75.3 Å². The van der Waals surface area contributed by atoms with Crippen LogP contribution in [0.1, 0.15) is 128 Å². The number of hydrogen-bond donors (Lipinski definition) is 1. The summed E-state index contributed by atoms with van der Waals surface area (Å²) in [7, 11) is 1.00. The third-order valence-corrected chi connectivity index (χ3v) is 6.76. The predicted octanol–water partition coefficient (Wildman–Crippen LogP) is 8.90. The topological polar surface area (TPSA) is 71.4 Å². The Labute approximate surface area is 246 Å². The van der Waals surface area contributed by atoms with Gasteiger partial charge in [-0.25, -0.2) is 0 Å². The first-order valence-corrected chi connectivity index (χ1v) is 14.8. The lowest BCUT2D eigenvalue weighted by molar-refractivity contribution is -0.125. The molecule has 40 heavy (non-hydrogen) atoms. The zero-order chi connectivity index (χ0) is 31.6. The van der Waals surface area contributed by atoms with Crippen molar-refractivity contribution in [1.29, 1.82) is 0 Å². The second-order valence-electron chi connectivity index (χ2n) is 9.03. The lowest BCUT2D eigenvalue weighted by Crippen LogP contribution is -2.27. The average molecular weight is 553 g/mol. The van der Waals surface area contributed by atoms with Gasteiger partial charge in [0, 0.05) is 23.8 Å². The normalized spacial score (nSPS) is 12.2. The van der Waals surface area contributed by atoms with Crippen LogP contribution in [0.3, 0.4) is 0 Å². The highest BCUT2D eigenvalue weighted by atomic mass is 16.2. The summed E-state index contributed by atoms with van der Waals surface area (Å²) in [6.07, 6.45) is 8.98. The summed E-state index contributed by atoms with van der Waals surface area (Å²) >= 11 is 0. The molecule has 1 unspecified atom stereocenters. The van der Waals surface area contributed by atoms with Crippen LogP contribution in [0.15, 0.2) is 48.5 Å². The number of ketones is 2. The van der Waals surface area contributed by atoms with Crippen LogP contribution in [0.4, 0.5) is 0 Å². The summed E-state index contributed by atoms with van der Waals surface area (Å²) in [5.74, 6) is 5.82. The monoisotopic (exact) mass is 552 g/mol. The van der Waals surface area contributed by atoms with Crippen LogP contribution in [0.5, 0.6) is 0 Å². The number of Topliss-reactive ketones (excluding diaryl/α,β-unsaturated/α-hetero) is 2. The van der Waals surface area contributed by atoms with Crippen molar-refractivity contribution in [3.63, 3.8) is 0 Å². The lowest BCUT2D eigenvalue weighted by atomic mass is 9.65. The minimum Gasteiger partial charge on any atom is -0.400 e. The number of aldehydes is 1. The van der Waals surface area contributed by atoms with Crippen molar-refractivity contribution >= 4 is 17.9 Å². The minimum atomic E-state index is -0.417. The highest BCUT2D eigenvalue weighted by molar-refractivity contribution is 5.94. The van der Waals surface area contributed by atoms with Crippen LogP contribution in [0.2, 0.25) is 0 Å². The van der Waals surface area contributed by atoms with Crippen molar-refractivity contribution in [3.8, 4) is 11.8 Å². The summed E-state index contributed by atoms with van der Waals surface area (Å²) in [6.45, 7) is 19.3. The Morgan fingerprint density at radius 2 is 1.23 bits per heavy atom. The van der Waals surface area contributed by atoms with Gasteiger partial charge in [0.15, 0.2) is 5.78 Å². The Morgan fingerprint density at radius 1 is 0.825 bits per heavy atom. The largest absolute Gasteiger partial charge is 0.400 e. The molecule has 0 bridgehead atoms. The van der Waals surface area contributed by atoms with Gasteiger partial charge in [-0.2, -0.15) is 0 Å². The van der Waals surface area contributed by atoms with Crippen LogP contribution >= 0.6 is 0 Å². The molecule has 0 heterocycles. The average Bonchev–Trinajstić information content (AvgIpc) is 3.00. The maximum absolute atomic E-state index is 11.2. The fourth-order valence-corrected chi connectivity index (χ4v) is 3.49. The minimum absolute atomic E-state index is 0.0741. The standard InChI is InChI=1S/C18H16O.C8H16.C5H8O2.2C2H6.CH4O/c1-3-15-4-6-16(7-5-15)8-9-17-10-12-18(13-11-17)14(2)19;1-3-8(4-2)6-5-7-8;1-4(3-6)5(2)7;3*1-2/h4-7,10-13H,3H2,1-2H3;3-7H2,1-2H3;3-4H,1-2H3;2*1-2H3;2H,1H3. The van der Waals surface area contributed by atoms with E-state index >= 15 is 0 Å². The molecule has 0 aromatic heterocycles. The molecule has 4 nitrogen and oxygen atoms in total. The van der Waals surface area contributed by atoms with Gasteiger partial charge in [0.1, 0.15) is 12.1 Å². The molecule has 4 heteroatoms. The summed E-state index contributed by atoms with van der Waals surface area (Å²) < 4.78 is 0. The molecule has 0 amide bonds. The van der Waals surface area contributed by atoms with Gasteiger partial charge in [-0.1, -0.05) is 104 Å². The molecule has 0 radical (unpaired) electrons. The molecule has 0 spiro atoms. The molecule has 2 aromatic carbocycles. The summed E-state index contributed by atoms with van der Waals surface area (Å²) in [4.78, 5) is 31.0. The molecular weight excluding hydrogens is 496 g/mol. The van der Waals surface area contributed by atoms with E-state index in [2.05, 4.69) is 44.7 Å². The van der Waals surface area contributed by atoms with E-state index in [1.807, 2.05) is 64.1 Å². The first-order valence-electron chi connectivity index (χ1n) is 14.8. The molecule has 0 aliphatic heterocycles. The van der Waals surface area contributed by atoms with Crippen LogP contribution in [-0.4, -0.2) is 30.1 Å². The first-order chi connectivity index (χ1) is 19.2. The fourth-order valence-electron chi connectivity index (χ4n) is 3.49. The third-order valence-electron chi connectivity index (χ3n) is 6.76. The van der Waals surface area contributed by atoms with Crippen LogP contribution in [0.25, 0.3) is 0 Å². The molecule has 0 saturated heterocycles. The summed E-state index contributed by atoms with van der Waals surface area (Å²) in [5.41, 5.74) is 4.77. The predicted molar refractivity (Wildman–Crippen MR) is 172 cm³/mol. The quantitative estimate of drug-likeness (QED) is 0.168. The van der Waals surface area contributed by atoms with Gasteiger partial charge >= 0.3 is 0 Å². The SMILES string of the molecule is CC.CC.CC(=O)C(C)C=O.CCC1(CC)CCC1.CCc1ccc(C#Cc2ccc(C(C)=O)cc2)cc1.CO. The van der Waals surface area contributed by atoms with Gasteiger partial charge in [0.05, 0.1) is 5.92 Å². The number of aryl methyl sites for hydroxylation is 1. The van der Waals surface area contributed by atoms with E-state index in [-0.39, 0.29) is 11.6 Å². The Bertz CT molecular complexity index is 959. The first kappa shape index (κ1) is 41.5. The van der Waals surface area contributed by atoms with Crippen LogP contribution in [0, 0.1) is 23.2 Å². The molecule has 1 N–H and O–H groups in total. The van der Waals surface area contributed by atoms with E-state index in [0.717, 1.165) is 35.6 Å². The smallest absolute Gasteiger partial charge is 0.159 e. The molecule has 2 aromatic rings. The molecule has 1 saturated carbocycles. The summed E-state index contributed by atoms with van der Waals surface area (Å²) in [6, 6.07) is 15.7. The maximum atomic E-state index is 11.2. The lowest BCUT2D eigenvalue weighted by Gasteiger charge is -2.40. The Morgan fingerprint density at radius 3 is 1.43 bits per heavy atom. The van der Waals surface area contributed by atoms with Crippen molar-refractivity contribution in [3.05, 3.63) is 70.8 Å². The number of carbonyl (C=O) groups excluding carboxylic acids is 3. The fraction of sp³-hybridized carbons (Fsp3) is 0.528. The summed E-state index contributed by atoms with van der Waals surface area (Å²) in [5, 5.41) is 7.00. The highest BCUT2D eigenvalue weighted by Crippen LogP contribution is 2.46. The van der Waals surface area contributed by atoms with E-state index < -0.39 is 5.92 Å². The number of benzene rings is 2. The number of carbonyl (C=O) groups is 3. The maximum Gasteiger partial charge on any atom is 0.159 e. The number of hydrogen-bond acceptors (Lipinski definition) is 4. The van der Waals surface area contributed by atoms with Crippen molar-refractivity contribution in [2.75, 3.05) is 7.11 Å². The molecule has 224 valence electrons. The van der Waals surface area contributed by atoms with E-state index in [0.29, 0.717) is 6.29 Å². The van der Waals surface area contributed by atoms with Gasteiger partial charge < -0.3 is 9.90 Å². The van der Waals surface area contributed by atoms with Crippen LogP contribution < -0.4 is 0 Å². The van der Waals surface area contributed by atoms with Gasteiger partial charge in [0.2, 0.25) is 0 Å². The molecular formula is C36H56O4. The van der Waals surface area contributed by atoms with Crippen molar-refractivity contribution < 1.29 is 19.5 Å². The highest BCUT2D eigenvalue weighted by Gasteiger charge is 2.32. The van der Waals surface area contributed by atoms with E-state index in [9.17, 15) is 14.4 Å². The third kappa shape index (κ3) is 17.5. The van der Waals surface area contributed by atoms with Crippen molar-refractivity contribution in [2.45, 2.75) is 108 Å². The Kier molecular flexibility index (Phi) is 27.2. The number of rotatable bonds is 6. The molecule has 1 fully saturated rings. The zero-order valence-electron chi connectivity index (χ0n) is 27.2. The van der Waals surface area contributed by atoms with Crippen LogP contribution in [-0.2, 0) is 16.0 Å². The number of aliphatic hydroxyl groups excluding tert-OH is 1. The van der Waals surface area contributed by atoms with Gasteiger partial charge in [-0.15, -0.1) is 0 Å². The molecule has 1 aliphatic carbocycles. The van der Waals surface area contributed by atoms with Gasteiger partial charge in [0.25, 0.3) is 0 Å². The zero-order valence-corrected chi connectivity index (χ0v) is 27.2. The van der Waals surface area contributed by atoms with Crippen molar-refractivity contribution in [2.24, 2.45) is 11.3 Å². The second kappa shape index (κ2) is 26.2. The van der Waals surface area contributed by atoms with Crippen molar-refractivity contribution in [1.82, 2.24) is 0 Å². The van der Waals surface area contributed by atoms with Gasteiger partial charge in [-0.3, -0.25) is 9.59 Å². The Balaban J connectivity index is -0.000000541. The molecule has 3 rings (SSSR count). The van der Waals surface area contributed by atoms with E-state index in [1.165, 1.54) is 44.6 Å².